The fraction of sp³-hybridized carbons (Fsp3) is 0.167. The molecule has 0 aliphatic heterocycles. The number of hydrogen-bond acceptors (Lipinski definition) is 3. The second-order valence-electron chi connectivity index (χ2n) is 5.85. The van der Waals surface area contributed by atoms with E-state index in [2.05, 4.69) is 61.9 Å². The van der Waals surface area contributed by atoms with Gasteiger partial charge in [-0.3, -0.25) is 9.48 Å². The fourth-order valence-corrected chi connectivity index (χ4v) is 3.76. The highest BCUT2D eigenvalue weighted by Crippen LogP contribution is 2.32. The van der Waals surface area contributed by atoms with Gasteiger partial charge in [0, 0.05) is 18.8 Å². The number of amides is 1. The molecule has 24 heavy (non-hydrogen) atoms. The third-order valence-electron chi connectivity index (χ3n) is 4.28. The number of carbonyl (C=O) groups is 1. The summed E-state index contributed by atoms with van der Waals surface area (Å²) in [4.78, 5) is 12.1. The Hall–Kier alpha value is -2.47. The fourth-order valence-electron chi connectivity index (χ4n) is 3.21. The quantitative estimate of drug-likeness (QED) is 0.558. The van der Waals surface area contributed by atoms with Crippen LogP contribution in [0.1, 0.15) is 27.2 Å². The lowest BCUT2D eigenvalue weighted by molar-refractivity contribution is 0.0948. The highest BCUT2D eigenvalue weighted by molar-refractivity contribution is 9.10. The van der Waals surface area contributed by atoms with E-state index < -0.39 is 0 Å². The number of nitrogens with zero attached hydrogens (tertiary/aromatic N) is 3. The van der Waals surface area contributed by atoms with Gasteiger partial charge in [-0.1, -0.05) is 30.3 Å². The van der Waals surface area contributed by atoms with Crippen LogP contribution in [0.25, 0.3) is 10.8 Å². The minimum absolute atomic E-state index is 0.315. The molecule has 2 aromatic carbocycles. The molecule has 120 valence electrons. The molecule has 0 spiro atoms. The number of aryl methyl sites for hydroxylation is 3. The molecular weight excluding hydrogens is 368 g/mol. The zero-order valence-corrected chi connectivity index (χ0v) is 14.7. The molecule has 0 saturated heterocycles. The van der Waals surface area contributed by atoms with E-state index >= 15 is 0 Å². The van der Waals surface area contributed by atoms with Crippen LogP contribution in [0, 0.1) is 0 Å². The first kappa shape index (κ1) is 15.1. The van der Waals surface area contributed by atoms with Crippen LogP contribution in [0.4, 0.5) is 0 Å². The van der Waals surface area contributed by atoms with Crippen molar-refractivity contribution in [2.24, 2.45) is 12.1 Å². The normalized spacial score (nSPS) is 13.1. The monoisotopic (exact) mass is 382 g/mol. The summed E-state index contributed by atoms with van der Waals surface area (Å²) in [5.41, 5.74) is 6.63. The lowest BCUT2D eigenvalue weighted by Gasteiger charge is -2.05. The number of aromatic nitrogens is 2. The van der Waals surface area contributed by atoms with Crippen molar-refractivity contribution < 1.29 is 4.79 Å². The molecule has 0 bridgehead atoms. The Balaban J connectivity index is 1.60. The Labute approximate surface area is 147 Å². The van der Waals surface area contributed by atoms with E-state index in [1.54, 1.807) is 24.1 Å². The summed E-state index contributed by atoms with van der Waals surface area (Å²) < 4.78 is 2.22. The Morgan fingerprint density at radius 1 is 1.29 bits per heavy atom. The van der Waals surface area contributed by atoms with E-state index in [1.807, 2.05) is 0 Å². The highest BCUT2D eigenvalue weighted by atomic mass is 79.9. The van der Waals surface area contributed by atoms with Gasteiger partial charge in [-0.15, -0.1) is 0 Å². The van der Waals surface area contributed by atoms with E-state index in [4.69, 9.17) is 0 Å². The molecule has 5 nitrogen and oxygen atoms in total. The lowest BCUT2D eigenvalue weighted by Crippen LogP contribution is -2.19. The summed E-state index contributed by atoms with van der Waals surface area (Å²) in [5, 5.41) is 10.7. The van der Waals surface area contributed by atoms with Crippen molar-refractivity contribution >= 4 is 38.8 Å². The third-order valence-corrected chi connectivity index (χ3v) is 4.86. The molecule has 0 atom stereocenters. The average molecular weight is 383 g/mol. The second kappa shape index (κ2) is 5.87. The van der Waals surface area contributed by atoms with Gasteiger partial charge in [0.15, 0.2) is 5.69 Å². The lowest BCUT2D eigenvalue weighted by atomic mass is 10.0. The molecule has 0 fully saturated rings. The van der Waals surface area contributed by atoms with E-state index in [9.17, 15) is 4.79 Å². The summed E-state index contributed by atoms with van der Waals surface area (Å²) in [5.74, 6) is -0.343. The molecule has 1 heterocycles. The van der Waals surface area contributed by atoms with Crippen LogP contribution in [0.15, 0.2) is 46.1 Å². The summed E-state index contributed by atoms with van der Waals surface area (Å²) in [6, 6.07) is 10.6. The zero-order valence-electron chi connectivity index (χ0n) is 13.1. The molecule has 1 amide bonds. The SMILES string of the molecule is Cn1cc(Br)c(C(=O)N/N=C/c2ccc3c4c(cccc24)CC3)n1. The summed E-state index contributed by atoms with van der Waals surface area (Å²) in [6.07, 6.45) is 5.60. The van der Waals surface area contributed by atoms with Gasteiger partial charge in [-0.25, -0.2) is 5.43 Å². The highest BCUT2D eigenvalue weighted by Gasteiger charge is 2.16. The van der Waals surface area contributed by atoms with Crippen molar-refractivity contribution in [3.05, 3.63) is 63.4 Å². The Morgan fingerprint density at radius 2 is 2.08 bits per heavy atom. The molecule has 3 aromatic rings. The molecule has 0 radical (unpaired) electrons. The molecule has 1 N–H and O–H groups in total. The number of carbonyl (C=O) groups excluding carboxylic acids is 1. The molecule has 0 saturated carbocycles. The van der Waals surface area contributed by atoms with Crippen LogP contribution >= 0.6 is 15.9 Å². The van der Waals surface area contributed by atoms with Crippen LogP contribution in [0.5, 0.6) is 0 Å². The van der Waals surface area contributed by atoms with Crippen molar-refractivity contribution in [2.45, 2.75) is 12.8 Å². The smallest absolute Gasteiger partial charge is 0.274 e. The van der Waals surface area contributed by atoms with Crippen molar-refractivity contribution in [1.82, 2.24) is 15.2 Å². The van der Waals surface area contributed by atoms with E-state index in [1.165, 1.54) is 21.9 Å². The summed E-state index contributed by atoms with van der Waals surface area (Å²) in [7, 11) is 1.76. The number of hydrogen-bond donors (Lipinski definition) is 1. The van der Waals surface area contributed by atoms with Crippen molar-refractivity contribution in [3.8, 4) is 0 Å². The molecule has 1 aliphatic carbocycles. The first-order valence-corrected chi connectivity index (χ1v) is 8.49. The average Bonchev–Trinajstić information content (AvgIpc) is 3.14. The predicted molar refractivity (Wildman–Crippen MR) is 97.3 cm³/mol. The van der Waals surface area contributed by atoms with Gasteiger partial charge < -0.3 is 0 Å². The Bertz CT molecular complexity index is 980. The first-order chi connectivity index (χ1) is 11.6. The largest absolute Gasteiger partial charge is 0.293 e. The molecular formula is C18H15BrN4O. The zero-order chi connectivity index (χ0) is 16.7. The maximum absolute atomic E-state index is 12.1. The van der Waals surface area contributed by atoms with Gasteiger partial charge in [0.05, 0.1) is 10.7 Å². The summed E-state index contributed by atoms with van der Waals surface area (Å²) in [6.45, 7) is 0. The topological polar surface area (TPSA) is 59.3 Å². The van der Waals surface area contributed by atoms with Gasteiger partial charge in [0.2, 0.25) is 0 Å². The second-order valence-corrected chi connectivity index (χ2v) is 6.71. The van der Waals surface area contributed by atoms with Gasteiger partial charge in [-0.05, 0) is 50.7 Å². The maximum Gasteiger partial charge on any atom is 0.293 e. The van der Waals surface area contributed by atoms with E-state index in [-0.39, 0.29) is 5.91 Å². The van der Waals surface area contributed by atoms with Crippen LogP contribution in [0.3, 0.4) is 0 Å². The third kappa shape index (κ3) is 2.53. The Morgan fingerprint density at radius 3 is 2.83 bits per heavy atom. The Kier molecular flexibility index (Phi) is 3.69. The number of nitrogens with one attached hydrogen (secondary N) is 1. The summed E-state index contributed by atoms with van der Waals surface area (Å²) >= 11 is 3.31. The van der Waals surface area contributed by atoms with E-state index in [0.717, 1.165) is 18.4 Å². The van der Waals surface area contributed by atoms with Gasteiger partial charge in [-0.2, -0.15) is 10.2 Å². The maximum atomic E-state index is 12.1. The van der Waals surface area contributed by atoms with Gasteiger partial charge >= 0.3 is 0 Å². The number of benzene rings is 2. The van der Waals surface area contributed by atoms with Gasteiger partial charge in [0.25, 0.3) is 5.91 Å². The van der Waals surface area contributed by atoms with Crippen LogP contribution < -0.4 is 5.43 Å². The van der Waals surface area contributed by atoms with Gasteiger partial charge in [0.1, 0.15) is 0 Å². The standard InChI is InChI=1S/C18H15BrN4O/c1-23-10-15(19)17(22-23)18(24)21-20-9-13-8-7-12-6-5-11-3-2-4-14(13)16(11)12/h2-4,7-10H,5-6H2,1H3,(H,21,24)/b20-9+. The van der Waals surface area contributed by atoms with Crippen LogP contribution in [0.2, 0.25) is 0 Å². The minimum Gasteiger partial charge on any atom is -0.274 e. The van der Waals surface area contributed by atoms with Crippen LogP contribution in [-0.4, -0.2) is 21.9 Å². The number of hydrazone groups is 1. The predicted octanol–water partition coefficient (Wildman–Crippen LogP) is 3.20. The number of rotatable bonds is 3. The minimum atomic E-state index is -0.343. The van der Waals surface area contributed by atoms with Crippen molar-refractivity contribution in [1.29, 1.82) is 0 Å². The molecule has 1 aliphatic rings. The first-order valence-electron chi connectivity index (χ1n) is 7.69. The molecule has 4 rings (SSSR count). The molecule has 1 aromatic heterocycles. The molecule has 0 unspecified atom stereocenters. The van der Waals surface area contributed by atoms with Crippen molar-refractivity contribution in [3.63, 3.8) is 0 Å². The molecule has 6 heteroatoms. The van der Waals surface area contributed by atoms with Crippen molar-refractivity contribution in [2.75, 3.05) is 0 Å². The van der Waals surface area contributed by atoms with E-state index in [0.29, 0.717) is 10.2 Å². The van der Waals surface area contributed by atoms with Crippen LogP contribution in [-0.2, 0) is 19.9 Å². The number of halogens is 1.